The van der Waals surface area contributed by atoms with E-state index in [1.54, 1.807) is 0 Å². The van der Waals surface area contributed by atoms with Gasteiger partial charge < -0.3 is 5.32 Å². The van der Waals surface area contributed by atoms with Crippen molar-refractivity contribution < 1.29 is 4.79 Å². The van der Waals surface area contributed by atoms with Gasteiger partial charge in [-0.25, -0.2) is 0 Å². The molecule has 0 bridgehead atoms. The van der Waals surface area contributed by atoms with Crippen LogP contribution in [-0.4, -0.2) is 5.91 Å². The van der Waals surface area contributed by atoms with Gasteiger partial charge >= 0.3 is 0 Å². The molecule has 102 valence electrons. The lowest BCUT2D eigenvalue weighted by Crippen LogP contribution is -2.38. The van der Waals surface area contributed by atoms with Crippen molar-refractivity contribution in [3.63, 3.8) is 0 Å². The molecule has 0 radical (unpaired) electrons. The fraction of sp³-hybridized carbons (Fsp3) is 0.235. The number of hydrogen-bond acceptors (Lipinski definition) is 1. The molecule has 2 atom stereocenters. The van der Waals surface area contributed by atoms with E-state index in [1.165, 1.54) is 5.56 Å². The van der Waals surface area contributed by atoms with Gasteiger partial charge in [0.15, 0.2) is 0 Å². The summed E-state index contributed by atoms with van der Waals surface area (Å²) in [6.07, 6.45) is 0.816. The monoisotopic (exact) mass is 285 g/mol. The number of rotatable bonds is 2. The van der Waals surface area contributed by atoms with Gasteiger partial charge in [-0.1, -0.05) is 54.9 Å². The van der Waals surface area contributed by atoms with E-state index in [0.29, 0.717) is 5.02 Å². The molecule has 3 heteroatoms. The van der Waals surface area contributed by atoms with Gasteiger partial charge in [-0.05, 0) is 35.2 Å². The summed E-state index contributed by atoms with van der Waals surface area (Å²) in [6.45, 7) is 2.05. The second kappa shape index (κ2) is 5.29. The molecule has 0 fully saturated rings. The van der Waals surface area contributed by atoms with Crippen LogP contribution in [0.1, 0.15) is 42.0 Å². The van der Waals surface area contributed by atoms with Gasteiger partial charge in [-0.3, -0.25) is 4.79 Å². The lowest BCUT2D eigenvalue weighted by atomic mass is 9.82. The Bertz CT molecular complexity index is 636. The predicted octanol–water partition coefficient (Wildman–Crippen LogP) is 4.05. The first-order valence-corrected chi connectivity index (χ1v) is 7.23. The Kier molecular flexibility index (Phi) is 3.49. The van der Waals surface area contributed by atoms with Gasteiger partial charge in [0.05, 0.1) is 12.0 Å². The Balaban J connectivity index is 2.09. The minimum absolute atomic E-state index is 0.0465. The van der Waals surface area contributed by atoms with E-state index in [0.717, 1.165) is 17.5 Å². The number of hydrogen-bond donors (Lipinski definition) is 1. The molecule has 1 heterocycles. The predicted molar refractivity (Wildman–Crippen MR) is 80.9 cm³/mol. The molecular formula is C17H16ClNO. The zero-order valence-corrected chi connectivity index (χ0v) is 12.0. The number of carbonyl (C=O) groups is 1. The summed E-state index contributed by atoms with van der Waals surface area (Å²) >= 11 is 5.94. The number of amides is 1. The average Bonchev–Trinajstić information content (AvgIpc) is 2.47. The maximum Gasteiger partial charge on any atom is 0.228 e. The summed E-state index contributed by atoms with van der Waals surface area (Å²) in [5.74, 6) is 0.0564. The third-order valence-electron chi connectivity index (χ3n) is 3.90. The quantitative estimate of drug-likeness (QED) is 0.886. The van der Waals surface area contributed by atoms with E-state index in [1.807, 2.05) is 43.3 Å². The number of nitrogens with one attached hydrogen (secondary N) is 1. The Hall–Kier alpha value is -1.80. The Morgan fingerprint density at radius 3 is 2.35 bits per heavy atom. The van der Waals surface area contributed by atoms with Crippen molar-refractivity contribution in [2.75, 3.05) is 0 Å². The molecule has 3 rings (SSSR count). The molecule has 1 amide bonds. The normalized spacial score (nSPS) is 21.2. The first-order valence-electron chi connectivity index (χ1n) is 6.85. The van der Waals surface area contributed by atoms with Crippen LogP contribution in [0.4, 0.5) is 0 Å². The summed E-state index contributed by atoms with van der Waals surface area (Å²) in [5.41, 5.74) is 3.38. The van der Waals surface area contributed by atoms with Gasteiger partial charge in [0.2, 0.25) is 5.91 Å². The molecule has 2 aromatic rings. The standard InChI is InChI=1S/C17H16ClNO/c1-2-13-14-5-3-4-6-15(14)16(19-17(13)20)11-7-9-12(18)10-8-11/h3-10,13,16H,2H2,1H3,(H,19,20). The van der Waals surface area contributed by atoms with Crippen molar-refractivity contribution in [2.24, 2.45) is 0 Å². The average molecular weight is 286 g/mol. The lowest BCUT2D eigenvalue weighted by molar-refractivity contribution is -0.123. The van der Waals surface area contributed by atoms with E-state index in [-0.39, 0.29) is 17.9 Å². The van der Waals surface area contributed by atoms with Crippen LogP contribution in [0.25, 0.3) is 0 Å². The largest absolute Gasteiger partial charge is 0.345 e. The fourth-order valence-electron chi connectivity index (χ4n) is 2.88. The lowest BCUT2D eigenvalue weighted by Gasteiger charge is -2.32. The molecule has 0 aromatic heterocycles. The summed E-state index contributed by atoms with van der Waals surface area (Å²) in [5, 5.41) is 3.83. The highest BCUT2D eigenvalue weighted by molar-refractivity contribution is 6.30. The maximum absolute atomic E-state index is 12.3. The van der Waals surface area contributed by atoms with Gasteiger partial charge in [-0.2, -0.15) is 0 Å². The van der Waals surface area contributed by atoms with Gasteiger partial charge in [0.25, 0.3) is 0 Å². The molecule has 0 aliphatic carbocycles. The Morgan fingerprint density at radius 1 is 1.05 bits per heavy atom. The highest BCUT2D eigenvalue weighted by Crippen LogP contribution is 2.36. The molecular weight excluding hydrogens is 270 g/mol. The van der Waals surface area contributed by atoms with Crippen LogP contribution in [-0.2, 0) is 4.79 Å². The SMILES string of the molecule is CCC1C(=O)NC(c2ccc(Cl)cc2)c2ccccc21. The van der Waals surface area contributed by atoms with E-state index in [2.05, 4.69) is 17.4 Å². The maximum atomic E-state index is 12.3. The first kappa shape index (κ1) is 13.2. The number of fused-ring (bicyclic) bond motifs is 1. The van der Waals surface area contributed by atoms with Gasteiger partial charge in [-0.15, -0.1) is 0 Å². The minimum atomic E-state index is -0.0845. The summed E-state index contributed by atoms with van der Waals surface area (Å²) in [4.78, 5) is 12.3. The van der Waals surface area contributed by atoms with Gasteiger partial charge in [0.1, 0.15) is 0 Å². The summed E-state index contributed by atoms with van der Waals surface area (Å²) < 4.78 is 0. The van der Waals surface area contributed by atoms with Crippen LogP contribution in [0, 0.1) is 0 Å². The molecule has 1 N–H and O–H groups in total. The smallest absolute Gasteiger partial charge is 0.228 e. The van der Waals surface area contributed by atoms with Crippen molar-refractivity contribution >= 4 is 17.5 Å². The van der Waals surface area contributed by atoms with E-state index in [4.69, 9.17) is 11.6 Å². The van der Waals surface area contributed by atoms with E-state index in [9.17, 15) is 4.79 Å². The van der Waals surface area contributed by atoms with Crippen molar-refractivity contribution in [3.8, 4) is 0 Å². The highest BCUT2D eigenvalue weighted by atomic mass is 35.5. The van der Waals surface area contributed by atoms with Crippen LogP contribution in [0.5, 0.6) is 0 Å². The minimum Gasteiger partial charge on any atom is -0.345 e. The number of benzene rings is 2. The van der Waals surface area contributed by atoms with Crippen LogP contribution >= 0.6 is 11.6 Å². The van der Waals surface area contributed by atoms with E-state index < -0.39 is 0 Å². The molecule has 1 aliphatic heterocycles. The zero-order valence-electron chi connectivity index (χ0n) is 11.3. The topological polar surface area (TPSA) is 29.1 Å². The van der Waals surface area contributed by atoms with Crippen molar-refractivity contribution in [1.29, 1.82) is 0 Å². The molecule has 2 aromatic carbocycles. The number of halogens is 1. The molecule has 0 saturated heterocycles. The first-order chi connectivity index (χ1) is 9.70. The number of carbonyl (C=O) groups excluding carboxylic acids is 1. The summed E-state index contributed by atoms with van der Waals surface area (Å²) in [6, 6.07) is 15.7. The van der Waals surface area contributed by atoms with Crippen LogP contribution < -0.4 is 5.32 Å². The summed E-state index contributed by atoms with van der Waals surface area (Å²) in [7, 11) is 0. The van der Waals surface area contributed by atoms with Crippen molar-refractivity contribution in [2.45, 2.75) is 25.3 Å². The highest BCUT2D eigenvalue weighted by Gasteiger charge is 2.32. The molecule has 20 heavy (non-hydrogen) atoms. The van der Waals surface area contributed by atoms with Crippen LogP contribution in [0.3, 0.4) is 0 Å². The van der Waals surface area contributed by atoms with Gasteiger partial charge in [0, 0.05) is 5.02 Å². The second-order valence-electron chi connectivity index (χ2n) is 5.08. The van der Waals surface area contributed by atoms with Crippen LogP contribution in [0.15, 0.2) is 48.5 Å². The third kappa shape index (κ3) is 2.20. The Morgan fingerprint density at radius 2 is 1.70 bits per heavy atom. The van der Waals surface area contributed by atoms with Crippen molar-refractivity contribution in [1.82, 2.24) is 5.32 Å². The molecule has 1 aliphatic rings. The third-order valence-corrected chi connectivity index (χ3v) is 4.15. The zero-order chi connectivity index (χ0) is 14.1. The molecule has 0 spiro atoms. The molecule has 2 unspecified atom stereocenters. The molecule has 0 saturated carbocycles. The second-order valence-corrected chi connectivity index (χ2v) is 5.52. The fourth-order valence-corrected chi connectivity index (χ4v) is 3.00. The Labute approximate surface area is 123 Å². The molecule has 2 nitrogen and oxygen atoms in total. The van der Waals surface area contributed by atoms with E-state index >= 15 is 0 Å². The van der Waals surface area contributed by atoms with Crippen LogP contribution in [0.2, 0.25) is 5.02 Å². The van der Waals surface area contributed by atoms with Crippen molar-refractivity contribution in [3.05, 3.63) is 70.2 Å².